The van der Waals surface area contributed by atoms with Crippen LogP contribution in [-0.2, 0) is 7.05 Å². The minimum Gasteiger partial charge on any atom is -0.382 e. The van der Waals surface area contributed by atoms with E-state index >= 15 is 0 Å². The highest BCUT2D eigenvalue weighted by Crippen LogP contribution is 2.13. The van der Waals surface area contributed by atoms with Gasteiger partial charge < -0.3 is 5.32 Å². The summed E-state index contributed by atoms with van der Waals surface area (Å²) < 4.78 is 1.89. The molecule has 0 bridgehead atoms. The molecule has 0 spiro atoms. The van der Waals surface area contributed by atoms with Crippen LogP contribution in [0.3, 0.4) is 0 Å². The van der Waals surface area contributed by atoms with Crippen LogP contribution in [0.2, 0.25) is 0 Å². The maximum Gasteiger partial charge on any atom is 0.0756 e. The SMILES string of the molecule is CCC(C)CNc1cnn(C)c1C. The quantitative estimate of drug-likeness (QED) is 0.771. The highest BCUT2D eigenvalue weighted by Gasteiger charge is 2.03. The number of aryl methyl sites for hydroxylation is 1. The van der Waals surface area contributed by atoms with Crippen LogP contribution in [0.15, 0.2) is 6.20 Å². The first-order chi connectivity index (χ1) is 6.15. The van der Waals surface area contributed by atoms with E-state index in [1.165, 1.54) is 12.1 Å². The van der Waals surface area contributed by atoms with Crippen molar-refractivity contribution in [3.63, 3.8) is 0 Å². The van der Waals surface area contributed by atoms with Crippen molar-refractivity contribution in [2.45, 2.75) is 27.2 Å². The van der Waals surface area contributed by atoms with E-state index in [0.29, 0.717) is 0 Å². The normalized spacial score (nSPS) is 12.9. The number of aromatic nitrogens is 2. The average molecular weight is 181 g/mol. The molecule has 1 atom stereocenters. The maximum atomic E-state index is 4.17. The highest BCUT2D eigenvalue weighted by atomic mass is 15.3. The summed E-state index contributed by atoms with van der Waals surface area (Å²) in [6.45, 7) is 7.57. The van der Waals surface area contributed by atoms with Gasteiger partial charge in [-0.05, 0) is 12.8 Å². The second-order valence-electron chi connectivity index (χ2n) is 3.66. The number of nitrogens with one attached hydrogen (secondary N) is 1. The van der Waals surface area contributed by atoms with Crippen LogP contribution in [0.25, 0.3) is 0 Å². The highest BCUT2D eigenvalue weighted by molar-refractivity contribution is 5.45. The molecule has 0 saturated carbocycles. The number of rotatable bonds is 4. The molecule has 74 valence electrons. The van der Waals surface area contributed by atoms with Crippen molar-refractivity contribution in [1.29, 1.82) is 0 Å². The monoisotopic (exact) mass is 181 g/mol. The first kappa shape index (κ1) is 10.1. The Kier molecular flexibility index (Phi) is 3.34. The van der Waals surface area contributed by atoms with E-state index < -0.39 is 0 Å². The van der Waals surface area contributed by atoms with Crippen molar-refractivity contribution in [2.24, 2.45) is 13.0 Å². The first-order valence-electron chi connectivity index (χ1n) is 4.87. The predicted molar refractivity (Wildman–Crippen MR) is 55.9 cm³/mol. The molecule has 1 rings (SSSR count). The van der Waals surface area contributed by atoms with Gasteiger partial charge in [0, 0.05) is 13.6 Å². The lowest BCUT2D eigenvalue weighted by molar-refractivity contribution is 0.593. The molecule has 1 aromatic heterocycles. The fourth-order valence-electron chi connectivity index (χ4n) is 1.10. The second kappa shape index (κ2) is 4.30. The van der Waals surface area contributed by atoms with Crippen molar-refractivity contribution in [2.75, 3.05) is 11.9 Å². The maximum absolute atomic E-state index is 4.17. The average Bonchev–Trinajstić information content (AvgIpc) is 2.44. The summed E-state index contributed by atoms with van der Waals surface area (Å²) in [6, 6.07) is 0. The summed E-state index contributed by atoms with van der Waals surface area (Å²) in [5.74, 6) is 0.722. The van der Waals surface area contributed by atoms with Crippen LogP contribution in [0, 0.1) is 12.8 Å². The number of hydrogen-bond donors (Lipinski definition) is 1. The lowest BCUT2D eigenvalue weighted by Gasteiger charge is -2.10. The van der Waals surface area contributed by atoms with Crippen molar-refractivity contribution in [3.05, 3.63) is 11.9 Å². The molecule has 3 heteroatoms. The van der Waals surface area contributed by atoms with Gasteiger partial charge in [-0.1, -0.05) is 20.3 Å². The fraction of sp³-hybridized carbons (Fsp3) is 0.700. The van der Waals surface area contributed by atoms with Crippen LogP contribution in [0.1, 0.15) is 26.0 Å². The Hall–Kier alpha value is -0.990. The van der Waals surface area contributed by atoms with Gasteiger partial charge in [0.05, 0.1) is 17.6 Å². The molecule has 0 radical (unpaired) electrons. The van der Waals surface area contributed by atoms with E-state index in [2.05, 4.69) is 31.2 Å². The first-order valence-corrected chi connectivity index (χ1v) is 4.87. The van der Waals surface area contributed by atoms with E-state index in [4.69, 9.17) is 0 Å². The fourth-order valence-corrected chi connectivity index (χ4v) is 1.10. The number of nitrogens with zero attached hydrogens (tertiary/aromatic N) is 2. The Morgan fingerprint density at radius 2 is 2.31 bits per heavy atom. The molecular weight excluding hydrogens is 162 g/mol. The van der Waals surface area contributed by atoms with Gasteiger partial charge in [-0.2, -0.15) is 5.10 Å². The minimum atomic E-state index is 0.722. The molecule has 0 aliphatic rings. The molecule has 0 saturated heterocycles. The van der Waals surface area contributed by atoms with Gasteiger partial charge in [0.1, 0.15) is 0 Å². The van der Waals surface area contributed by atoms with E-state index in [9.17, 15) is 0 Å². The second-order valence-corrected chi connectivity index (χ2v) is 3.66. The van der Waals surface area contributed by atoms with Crippen LogP contribution in [0.5, 0.6) is 0 Å². The van der Waals surface area contributed by atoms with Gasteiger partial charge in [0.2, 0.25) is 0 Å². The summed E-state index contributed by atoms with van der Waals surface area (Å²) in [7, 11) is 1.96. The zero-order valence-corrected chi connectivity index (χ0v) is 8.96. The molecule has 1 N–H and O–H groups in total. The third-order valence-corrected chi connectivity index (χ3v) is 2.57. The lowest BCUT2D eigenvalue weighted by Crippen LogP contribution is -2.10. The molecule has 3 nitrogen and oxygen atoms in total. The van der Waals surface area contributed by atoms with Crippen molar-refractivity contribution in [1.82, 2.24) is 9.78 Å². The van der Waals surface area contributed by atoms with Crippen LogP contribution >= 0.6 is 0 Å². The van der Waals surface area contributed by atoms with Gasteiger partial charge in [-0.3, -0.25) is 4.68 Å². The summed E-state index contributed by atoms with van der Waals surface area (Å²) >= 11 is 0. The Morgan fingerprint density at radius 3 is 2.77 bits per heavy atom. The van der Waals surface area contributed by atoms with Crippen molar-refractivity contribution < 1.29 is 0 Å². The Bertz CT molecular complexity index is 265. The van der Waals surface area contributed by atoms with Gasteiger partial charge in [0.25, 0.3) is 0 Å². The van der Waals surface area contributed by atoms with E-state index in [0.717, 1.165) is 18.2 Å². The molecule has 0 amide bonds. The molecule has 1 heterocycles. The van der Waals surface area contributed by atoms with Gasteiger partial charge >= 0.3 is 0 Å². The van der Waals surface area contributed by atoms with Crippen LogP contribution in [-0.4, -0.2) is 16.3 Å². The zero-order valence-electron chi connectivity index (χ0n) is 8.96. The zero-order chi connectivity index (χ0) is 9.84. The molecule has 0 aromatic carbocycles. The molecule has 1 unspecified atom stereocenters. The van der Waals surface area contributed by atoms with Crippen molar-refractivity contribution >= 4 is 5.69 Å². The Balaban J connectivity index is 2.50. The molecular formula is C10H19N3. The van der Waals surface area contributed by atoms with Gasteiger partial charge in [-0.15, -0.1) is 0 Å². The van der Waals surface area contributed by atoms with Gasteiger partial charge in [-0.25, -0.2) is 0 Å². The standard InChI is InChI=1S/C10H19N3/c1-5-8(2)6-11-10-7-12-13(4)9(10)3/h7-8,11H,5-6H2,1-4H3. The number of hydrogen-bond acceptors (Lipinski definition) is 2. The third kappa shape index (κ3) is 2.47. The van der Waals surface area contributed by atoms with Crippen LogP contribution < -0.4 is 5.32 Å². The largest absolute Gasteiger partial charge is 0.382 e. The van der Waals surface area contributed by atoms with Crippen LogP contribution in [0.4, 0.5) is 5.69 Å². The van der Waals surface area contributed by atoms with E-state index in [1.807, 2.05) is 17.9 Å². The lowest BCUT2D eigenvalue weighted by atomic mass is 10.1. The molecule has 13 heavy (non-hydrogen) atoms. The third-order valence-electron chi connectivity index (χ3n) is 2.57. The summed E-state index contributed by atoms with van der Waals surface area (Å²) in [5, 5.41) is 7.58. The minimum absolute atomic E-state index is 0.722. The summed E-state index contributed by atoms with van der Waals surface area (Å²) in [5.41, 5.74) is 2.35. The van der Waals surface area contributed by atoms with Crippen molar-refractivity contribution in [3.8, 4) is 0 Å². The summed E-state index contributed by atoms with van der Waals surface area (Å²) in [4.78, 5) is 0. The Labute approximate surface area is 80.1 Å². The number of anilines is 1. The smallest absolute Gasteiger partial charge is 0.0756 e. The molecule has 0 fully saturated rings. The van der Waals surface area contributed by atoms with E-state index in [1.54, 1.807) is 0 Å². The topological polar surface area (TPSA) is 29.9 Å². The molecule has 0 aliphatic carbocycles. The summed E-state index contributed by atoms with van der Waals surface area (Å²) in [6.07, 6.45) is 3.10. The van der Waals surface area contributed by atoms with Gasteiger partial charge in [0.15, 0.2) is 0 Å². The molecule has 1 aromatic rings. The van der Waals surface area contributed by atoms with E-state index in [-0.39, 0.29) is 0 Å². The Morgan fingerprint density at radius 1 is 1.62 bits per heavy atom. The molecule has 0 aliphatic heterocycles. The predicted octanol–water partition coefficient (Wildman–Crippen LogP) is 2.19.